The lowest BCUT2D eigenvalue weighted by atomic mass is 9.83. The molecule has 3 heterocycles. The number of hydrogen-bond donors (Lipinski definition) is 1. The summed E-state index contributed by atoms with van der Waals surface area (Å²) in [5, 5.41) is 4.22. The highest BCUT2D eigenvalue weighted by Crippen LogP contribution is 2.44. The van der Waals surface area contributed by atoms with Gasteiger partial charge in [-0.3, -0.25) is 0 Å². The van der Waals surface area contributed by atoms with Crippen LogP contribution in [0.2, 0.25) is 5.02 Å². The monoisotopic (exact) mass is 449 g/mol. The molecule has 9 heteroatoms. The minimum atomic E-state index is -4.06. The zero-order valence-corrected chi connectivity index (χ0v) is 17.4. The summed E-state index contributed by atoms with van der Waals surface area (Å²) in [7, 11) is -4.06. The molecule has 5 rings (SSSR count). The van der Waals surface area contributed by atoms with E-state index >= 15 is 0 Å². The summed E-state index contributed by atoms with van der Waals surface area (Å²) in [6.07, 6.45) is 2.96. The molecule has 1 fully saturated rings. The van der Waals surface area contributed by atoms with Gasteiger partial charge in [0.05, 0.1) is 16.9 Å². The van der Waals surface area contributed by atoms with Gasteiger partial charge in [0.1, 0.15) is 16.5 Å². The number of aromatic nitrogens is 1. The number of hydrogen-bond acceptors (Lipinski definition) is 3. The molecule has 1 aromatic heterocycles. The van der Waals surface area contributed by atoms with Gasteiger partial charge in [0.15, 0.2) is 0 Å². The predicted octanol–water partition coefficient (Wildman–Crippen LogP) is 4.51. The van der Waals surface area contributed by atoms with E-state index in [1.54, 1.807) is 0 Å². The van der Waals surface area contributed by atoms with E-state index in [0.717, 1.165) is 29.2 Å². The quantitative estimate of drug-likeness (QED) is 0.626. The molecule has 0 bridgehead atoms. The molecule has 0 unspecified atom stereocenters. The van der Waals surface area contributed by atoms with Crippen molar-refractivity contribution >= 4 is 27.3 Å². The molecule has 1 saturated heterocycles. The lowest BCUT2D eigenvalue weighted by Crippen LogP contribution is -2.51. The van der Waals surface area contributed by atoms with Gasteiger partial charge in [-0.05, 0) is 55.3 Å². The number of nitrogens with one attached hydrogen (secondary N) is 1. The van der Waals surface area contributed by atoms with Crippen LogP contribution < -0.4 is 5.32 Å². The van der Waals surface area contributed by atoms with Gasteiger partial charge in [-0.2, -0.15) is 4.31 Å². The van der Waals surface area contributed by atoms with E-state index in [1.165, 1.54) is 4.31 Å². The van der Waals surface area contributed by atoms with Gasteiger partial charge >= 0.3 is 0 Å². The van der Waals surface area contributed by atoms with Crippen LogP contribution in [0.1, 0.15) is 18.5 Å². The van der Waals surface area contributed by atoms with Gasteiger partial charge in [0, 0.05) is 36.1 Å². The molecule has 2 aromatic carbocycles. The number of nitrogens with zero attached hydrogens (tertiary/aromatic N) is 2. The third-order valence-corrected chi connectivity index (χ3v) is 8.09. The maximum Gasteiger partial charge on any atom is 0.245 e. The van der Waals surface area contributed by atoms with Gasteiger partial charge in [0.2, 0.25) is 10.0 Å². The van der Waals surface area contributed by atoms with Crippen LogP contribution in [-0.2, 0) is 15.6 Å². The average molecular weight is 450 g/mol. The van der Waals surface area contributed by atoms with Gasteiger partial charge in [0.25, 0.3) is 0 Å². The molecule has 30 heavy (non-hydrogen) atoms. The molecule has 156 valence electrons. The average Bonchev–Trinajstić information content (AvgIpc) is 3.20. The molecule has 1 N–H and O–H groups in total. The molecular weight excluding hydrogens is 432 g/mol. The lowest BCUT2D eigenvalue weighted by molar-refractivity contribution is 0.247. The summed E-state index contributed by atoms with van der Waals surface area (Å²) in [5.41, 5.74) is 2.44. The van der Waals surface area contributed by atoms with E-state index in [0.29, 0.717) is 23.9 Å². The highest BCUT2D eigenvalue weighted by molar-refractivity contribution is 7.89. The van der Waals surface area contributed by atoms with Crippen LogP contribution in [-0.4, -0.2) is 30.4 Å². The Morgan fingerprint density at radius 3 is 2.53 bits per heavy atom. The topological polar surface area (TPSA) is 54.3 Å². The Bertz CT molecular complexity index is 1250. The lowest BCUT2D eigenvalue weighted by Gasteiger charge is -2.45. The van der Waals surface area contributed by atoms with Crippen LogP contribution in [0.25, 0.3) is 5.69 Å². The molecule has 0 amide bonds. The minimum Gasteiger partial charge on any atom is -0.372 e. The fraction of sp³-hybridized carbons (Fsp3) is 0.238. The maximum absolute atomic E-state index is 14.1. The van der Waals surface area contributed by atoms with Crippen molar-refractivity contribution in [3.8, 4) is 5.69 Å². The smallest absolute Gasteiger partial charge is 0.245 e. The van der Waals surface area contributed by atoms with Gasteiger partial charge in [-0.15, -0.1) is 0 Å². The van der Waals surface area contributed by atoms with Crippen molar-refractivity contribution in [1.29, 1.82) is 0 Å². The molecule has 0 saturated carbocycles. The van der Waals surface area contributed by atoms with E-state index in [4.69, 9.17) is 11.6 Å². The Labute approximate surface area is 177 Å². The number of sulfonamides is 1. The normalized spacial score (nSPS) is 18.0. The molecule has 0 radical (unpaired) electrons. The van der Waals surface area contributed by atoms with Crippen molar-refractivity contribution in [1.82, 2.24) is 8.87 Å². The van der Waals surface area contributed by atoms with Crippen LogP contribution in [0, 0.1) is 11.6 Å². The first kappa shape index (κ1) is 19.5. The first-order valence-electron chi connectivity index (χ1n) is 9.51. The number of piperidine rings is 1. The Kier molecular flexibility index (Phi) is 4.43. The van der Waals surface area contributed by atoms with E-state index in [2.05, 4.69) is 9.88 Å². The van der Waals surface area contributed by atoms with Crippen LogP contribution in [0.5, 0.6) is 0 Å². The number of halogens is 3. The number of benzene rings is 2. The van der Waals surface area contributed by atoms with Crippen LogP contribution in [0.15, 0.2) is 59.6 Å². The van der Waals surface area contributed by atoms with Gasteiger partial charge in [-0.1, -0.05) is 11.6 Å². The summed E-state index contributed by atoms with van der Waals surface area (Å²) in [6, 6.07) is 12.1. The molecule has 0 atom stereocenters. The van der Waals surface area contributed by atoms with E-state index < -0.39 is 32.1 Å². The van der Waals surface area contributed by atoms with Gasteiger partial charge < -0.3 is 9.88 Å². The first-order chi connectivity index (χ1) is 14.3. The van der Waals surface area contributed by atoms with E-state index in [9.17, 15) is 17.2 Å². The van der Waals surface area contributed by atoms with E-state index in [1.807, 2.05) is 36.5 Å². The second-order valence-corrected chi connectivity index (χ2v) is 9.95. The summed E-state index contributed by atoms with van der Waals surface area (Å²) in [5.74, 6) is -1.89. The highest BCUT2D eigenvalue weighted by atomic mass is 35.5. The second-order valence-electron chi connectivity index (χ2n) is 7.61. The number of rotatable bonds is 2. The second kappa shape index (κ2) is 6.80. The largest absolute Gasteiger partial charge is 0.372 e. The summed E-state index contributed by atoms with van der Waals surface area (Å²) < 4.78 is 56.6. The molecule has 0 aliphatic carbocycles. The van der Waals surface area contributed by atoms with E-state index in [-0.39, 0.29) is 13.1 Å². The Morgan fingerprint density at radius 2 is 1.80 bits per heavy atom. The van der Waals surface area contributed by atoms with Crippen molar-refractivity contribution in [2.45, 2.75) is 23.3 Å². The fourth-order valence-corrected chi connectivity index (χ4v) is 6.08. The summed E-state index contributed by atoms with van der Waals surface area (Å²) in [6.45, 7) is 0.417. The standard InChI is InChI=1S/C21H18ClF2N3O2S/c22-14-3-5-17-18(12-14)27-9-1-2-20(27)21(25-17)7-10-26(11-8-21)30(28,29)19-6-4-15(23)13-16(19)24/h1-6,9,12-13,25H,7-8,10-11H2. The Morgan fingerprint density at radius 1 is 1.03 bits per heavy atom. The molecular formula is C21H18ClF2N3O2S. The Hall–Kier alpha value is -2.42. The summed E-state index contributed by atoms with van der Waals surface area (Å²) >= 11 is 6.17. The molecule has 3 aromatic rings. The highest BCUT2D eigenvalue weighted by Gasteiger charge is 2.44. The van der Waals surface area contributed by atoms with Crippen molar-refractivity contribution in [3.05, 3.63) is 77.1 Å². The van der Waals surface area contributed by atoms with Crippen LogP contribution in [0.3, 0.4) is 0 Å². The first-order valence-corrected chi connectivity index (χ1v) is 11.3. The third kappa shape index (κ3) is 2.93. The van der Waals surface area contributed by atoms with Crippen LogP contribution >= 0.6 is 11.6 Å². The van der Waals surface area contributed by atoms with Gasteiger partial charge in [-0.25, -0.2) is 17.2 Å². The third-order valence-electron chi connectivity index (χ3n) is 5.92. The Balaban J connectivity index is 1.45. The minimum absolute atomic E-state index is 0.209. The zero-order chi connectivity index (χ0) is 21.1. The molecule has 1 spiro atoms. The fourth-order valence-electron chi connectivity index (χ4n) is 4.43. The number of anilines is 1. The number of fused-ring (bicyclic) bond motifs is 4. The SMILES string of the molecule is O=S(=O)(c1ccc(F)cc1F)N1CCC2(CC1)Nc1ccc(Cl)cc1-n1cccc12. The van der Waals surface area contributed by atoms with Crippen molar-refractivity contribution < 1.29 is 17.2 Å². The predicted molar refractivity (Wildman–Crippen MR) is 110 cm³/mol. The maximum atomic E-state index is 14.1. The van der Waals surface area contributed by atoms with Crippen LogP contribution in [0.4, 0.5) is 14.5 Å². The summed E-state index contributed by atoms with van der Waals surface area (Å²) in [4.78, 5) is -0.500. The zero-order valence-electron chi connectivity index (χ0n) is 15.8. The molecule has 2 aliphatic heterocycles. The van der Waals surface area contributed by atoms with Crippen molar-refractivity contribution in [2.75, 3.05) is 18.4 Å². The molecule has 5 nitrogen and oxygen atoms in total. The molecule has 2 aliphatic rings. The van der Waals surface area contributed by atoms with Crippen molar-refractivity contribution in [3.63, 3.8) is 0 Å². The van der Waals surface area contributed by atoms with Crippen molar-refractivity contribution in [2.24, 2.45) is 0 Å².